The zero-order valence-electron chi connectivity index (χ0n) is 10.5. The SMILES string of the molecule is C=CC.CC1CN(C)CCC1n1cnnc1. The smallest absolute Gasteiger partial charge is 0.119 e. The summed E-state index contributed by atoms with van der Waals surface area (Å²) in [5.74, 6) is 0.690. The molecule has 2 heterocycles. The Kier molecular flexibility index (Phi) is 5.19. The van der Waals surface area contributed by atoms with Crippen LogP contribution in [0, 0.1) is 5.92 Å². The van der Waals surface area contributed by atoms with E-state index in [1.165, 1.54) is 19.5 Å². The highest BCUT2D eigenvalue weighted by Gasteiger charge is 2.25. The van der Waals surface area contributed by atoms with Gasteiger partial charge < -0.3 is 9.47 Å². The minimum absolute atomic E-state index is 0.589. The molecule has 1 aromatic heterocycles. The lowest BCUT2D eigenvalue weighted by molar-refractivity contribution is 0.158. The van der Waals surface area contributed by atoms with E-state index in [0.29, 0.717) is 12.0 Å². The van der Waals surface area contributed by atoms with Gasteiger partial charge in [0.15, 0.2) is 0 Å². The van der Waals surface area contributed by atoms with Crippen molar-refractivity contribution in [2.75, 3.05) is 20.1 Å². The van der Waals surface area contributed by atoms with Crippen molar-refractivity contribution in [3.63, 3.8) is 0 Å². The van der Waals surface area contributed by atoms with Crippen LogP contribution in [0.3, 0.4) is 0 Å². The number of aromatic nitrogens is 3. The summed E-state index contributed by atoms with van der Waals surface area (Å²) >= 11 is 0. The fourth-order valence-electron chi connectivity index (χ4n) is 2.16. The number of nitrogens with zero attached hydrogens (tertiary/aromatic N) is 4. The van der Waals surface area contributed by atoms with E-state index in [1.807, 2.05) is 19.6 Å². The largest absolute Gasteiger partial charge is 0.317 e. The fraction of sp³-hybridized carbons (Fsp3) is 0.667. The topological polar surface area (TPSA) is 34.0 Å². The zero-order chi connectivity index (χ0) is 12.0. The molecule has 4 heteroatoms. The Balaban J connectivity index is 0.000000386. The van der Waals surface area contributed by atoms with Crippen molar-refractivity contribution in [3.8, 4) is 0 Å². The maximum atomic E-state index is 3.85. The van der Waals surface area contributed by atoms with Gasteiger partial charge in [-0.25, -0.2) is 0 Å². The monoisotopic (exact) mass is 222 g/mol. The third-order valence-corrected chi connectivity index (χ3v) is 2.88. The van der Waals surface area contributed by atoms with Crippen LogP contribution in [0.25, 0.3) is 0 Å². The van der Waals surface area contributed by atoms with Gasteiger partial charge in [0, 0.05) is 12.6 Å². The molecule has 1 aliphatic rings. The van der Waals surface area contributed by atoms with Gasteiger partial charge in [-0.05, 0) is 32.9 Å². The molecule has 1 aliphatic heterocycles. The Bertz CT molecular complexity index is 294. The Hall–Kier alpha value is -1.16. The summed E-state index contributed by atoms with van der Waals surface area (Å²) in [7, 11) is 2.18. The number of hydrogen-bond acceptors (Lipinski definition) is 3. The minimum atomic E-state index is 0.589. The fourth-order valence-corrected chi connectivity index (χ4v) is 2.16. The van der Waals surface area contributed by atoms with E-state index >= 15 is 0 Å². The van der Waals surface area contributed by atoms with Crippen LogP contribution in [-0.2, 0) is 0 Å². The highest BCUT2D eigenvalue weighted by Crippen LogP contribution is 2.26. The molecular formula is C12H22N4. The first-order chi connectivity index (χ1) is 7.69. The molecule has 0 radical (unpaired) electrons. The molecule has 0 spiro atoms. The predicted octanol–water partition coefficient (Wildman–Crippen LogP) is 1.98. The first-order valence-electron chi connectivity index (χ1n) is 5.78. The lowest BCUT2D eigenvalue weighted by Crippen LogP contribution is -2.37. The van der Waals surface area contributed by atoms with E-state index in [9.17, 15) is 0 Å². The van der Waals surface area contributed by atoms with Gasteiger partial charge in [-0.2, -0.15) is 0 Å². The first kappa shape index (κ1) is 12.9. The average Bonchev–Trinajstić information content (AvgIpc) is 2.72. The second-order valence-corrected chi connectivity index (χ2v) is 4.41. The van der Waals surface area contributed by atoms with Gasteiger partial charge in [-0.3, -0.25) is 0 Å². The van der Waals surface area contributed by atoms with Crippen LogP contribution in [-0.4, -0.2) is 39.8 Å². The molecule has 0 amide bonds. The van der Waals surface area contributed by atoms with E-state index in [4.69, 9.17) is 0 Å². The van der Waals surface area contributed by atoms with Crippen molar-refractivity contribution in [2.24, 2.45) is 5.92 Å². The second-order valence-electron chi connectivity index (χ2n) is 4.41. The van der Waals surface area contributed by atoms with Gasteiger partial charge >= 0.3 is 0 Å². The summed E-state index contributed by atoms with van der Waals surface area (Å²) in [6.07, 6.45) is 6.61. The van der Waals surface area contributed by atoms with Crippen molar-refractivity contribution < 1.29 is 0 Å². The van der Waals surface area contributed by atoms with Gasteiger partial charge in [0.05, 0.1) is 0 Å². The predicted molar refractivity (Wildman–Crippen MR) is 66.2 cm³/mol. The molecule has 2 unspecified atom stereocenters. The average molecular weight is 222 g/mol. The van der Waals surface area contributed by atoms with E-state index in [2.05, 4.69) is 40.2 Å². The van der Waals surface area contributed by atoms with Crippen LogP contribution < -0.4 is 0 Å². The van der Waals surface area contributed by atoms with Gasteiger partial charge in [-0.15, -0.1) is 16.8 Å². The number of allylic oxidation sites excluding steroid dienone is 1. The number of piperidine rings is 1. The highest BCUT2D eigenvalue weighted by atomic mass is 15.3. The molecule has 0 N–H and O–H groups in total. The van der Waals surface area contributed by atoms with E-state index in [0.717, 1.165) is 0 Å². The molecule has 2 atom stereocenters. The second kappa shape index (κ2) is 6.43. The van der Waals surface area contributed by atoms with E-state index in [-0.39, 0.29) is 0 Å². The first-order valence-corrected chi connectivity index (χ1v) is 5.78. The Morgan fingerprint density at radius 2 is 1.94 bits per heavy atom. The summed E-state index contributed by atoms with van der Waals surface area (Å²) in [6.45, 7) is 9.89. The quantitative estimate of drug-likeness (QED) is 0.681. The van der Waals surface area contributed by atoms with E-state index in [1.54, 1.807) is 6.08 Å². The van der Waals surface area contributed by atoms with Gasteiger partial charge in [0.25, 0.3) is 0 Å². The van der Waals surface area contributed by atoms with Gasteiger partial charge in [0.2, 0.25) is 0 Å². The third kappa shape index (κ3) is 3.45. The molecule has 90 valence electrons. The molecule has 1 saturated heterocycles. The molecule has 1 fully saturated rings. The molecule has 0 aliphatic carbocycles. The van der Waals surface area contributed by atoms with Crippen LogP contribution in [0.15, 0.2) is 25.3 Å². The summed E-state index contributed by atoms with van der Waals surface area (Å²) in [5, 5.41) is 7.70. The molecule has 16 heavy (non-hydrogen) atoms. The highest BCUT2D eigenvalue weighted by molar-refractivity contribution is 4.82. The maximum Gasteiger partial charge on any atom is 0.119 e. The number of likely N-dealkylation sites (tertiary alicyclic amines) is 1. The molecule has 0 aromatic carbocycles. The lowest BCUT2D eigenvalue weighted by Gasteiger charge is -2.35. The third-order valence-electron chi connectivity index (χ3n) is 2.88. The maximum absolute atomic E-state index is 3.85. The Morgan fingerprint density at radius 1 is 1.38 bits per heavy atom. The molecule has 1 aromatic rings. The summed E-state index contributed by atoms with van der Waals surface area (Å²) in [4.78, 5) is 2.38. The number of rotatable bonds is 1. The van der Waals surface area contributed by atoms with Gasteiger partial charge in [0.1, 0.15) is 12.7 Å². The van der Waals surface area contributed by atoms with Crippen molar-refractivity contribution in [2.45, 2.75) is 26.3 Å². The summed E-state index contributed by atoms with van der Waals surface area (Å²) in [5.41, 5.74) is 0. The molecule has 4 nitrogen and oxygen atoms in total. The van der Waals surface area contributed by atoms with E-state index < -0.39 is 0 Å². The molecule has 2 rings (SSSR count). The zero-order valence-corrected chi connectivity index (χ0v) is 10.5. The Labute approximate surface area is 98.0 Å². The van der Waals surface area contributed by atoms with Crippen LogP contribution in [0.4, 0.5) is 0 Å². The van der Waals surface area contributed by atoms with Crippen molar-refractivity contribution >= 4 is 0 Å². The molecule has 0 bridgehead atoms. The van der Waals surface area contributed by atoms with Crippen molar-refractivity contribution in [1.29, 1.82) is 0 Å². The van der Waals surface area contributed by atoms with Gasteiger partial charge in [-0.1, -0.05) is 13.0 Å². The lowest BCUT2D eigenvalue weighted by atomic mass is 9.94. The minimum Gasteiger partial charge on any atom is -0.317 e. The number of hydrogen-bond donors (Lipinski definition) is 0. The summed E-state index contributed by atoms with van der Waals surface area (Å²) < 4.78 is 2.14. The Morgan fingerprint density at radius 3 is 2.44 bits per heavy atom. The van der Waals surface area contributed by atoms with Crippen molar-refractivity contribution in [1.82, 2.24) is 19.7 Å². The van der Waals surface area contributed by atoms with Crippen LogP contribution >= 0.6 is 0 Å². The van der Waals surface area contributed by atoms with Crippen LogP contribution in [0.2, 0.25) is 0 Å². The molecular weight excluding hydrogens is 200 g/mol. The van der Waals surface area contributed by atoms with Crippen LogP contribution in [0.1, 0.15) is 26.3 Å². The summed E-state index contributed by atoms with van der Waals surface area (Å²) in [6, 6.07) is 0.589. The van der Waals surface area contributed by atoms with Crippen LogP contribution in [0.5, 0.6) is 0 Å². The normalized spacial score (nSPS) is 25.7. The molecule has 0 saturated carbocycles. The standard InChI is InChI=1S/C9H16N4.C3H6/c1-8-5-12(2)4-3-9(8)13-6-10-11-7-13;1-3-2/h6-9H,3-5H2,1-2H3;3H,1H2,2H3. The van der Waals surface area contributed by atoms with Crippen molar-refractivity contribution in [3.05, 3.63) is 25.3 Å².